The molecule has 0 N–H and O–H groups in total. The Labute approximate surface area is 206 Å². The van der Waals surface area contributed by atoms with Gasteiger partial charge in [0, 0.05) is 38.2 Å². The molecular weight excluding hydrogens is 496 g/mol. The zero-order valence-electron chi connectivity index (χ0n) is 19.5. The number of sulfonamides is 1. The predicted molar refractivity (Wildman–Crippen MR) is 129 cm³/mol. The van der Waals surface area contributed by atoms with Crippen LogP contribution in [-0.4, -0.2) is 49.5 Å². The van der Waals surface area contributed by atoms with Crippen LogP contribution in [0.15, 0.2) is 46.3 Å². The van der Waals surface area contributed by atoms with E-state index in [1.807, 2.05) is 13.8 Å². The quantitative estimate of drug-likeness (QED) is 0.441. The van der Waals surface area contributed by atoms with Crippen molar-refractivity contribution in [3.63, 3.8) is 0 Å². The normalized spacial score (nSPS) is 16.3. The minimum atomic E-state index is -3.63. The molecule has 2 aromatic carbocycles. The largest absolute Gasteiger partial charge is 0.380 e. The highest BCUT2D eigenvalue weighted by Gasteiger charge is 2.32. The van der Waals surface area contributed by atoms with Gasteiger partial charge in [-0.2, -0.15) is 9.30 Å². The summed E-state index contributed by atoms with van der Waals surface area (Å²) in [7, 11) is -3.63. The van der Waals surface area contributed by atoms with E-state index < -0.39 is 33.5 Å². The van der Waals surface area contributed by atoms with Crippen LogP contribution in [0.4, 0.5) is 8.78 Å². The molecule has 1 aliphatic rings. The number of carbonyl (C=O) groups excluding carboxylic acids is 1. The third-order valence-corrected chi connectivity index (χ3v) is 8.96. The van der Waals surface area contributed by atoms with Gasteiger partial charge in [-0.3, -0.25) is 4.79 Å². The molecule has 0 saturated carbocycles. The average Bonchev–Trinajstić information content (AvgIpc) is 3.16. The molecule has 2 heterocycles. The van der Waals surface area contributed by atoms with E-state index in [1.54, 1.807) is 28.8 Å². The second-order valence-electron chi connectivity index (χ2n) is 8.41. The number of rotatable bonds is 7. The van der Waals surface area contributed by atoms with Crippen LogP contribution in [0.25, 0.3) is 10.2 Å². The molecule has 188 valence electrons. The van der Waals surface area contributed by atoms with Crippen molar-refractivity contribution in [2.75, 3.05) is 26.3 Å². The number of piperidine rings is 1. The zero-order valence-corrected chi connectivity index (χ0v) is 21.2. The van der Waals surface area contributed by atoms with Gasteiger partial charge in [-0.25, -0.2) is 17.2 Å². The molecule has 1 saturated heterocycles. The number of ether oxygens (including phenoxy) is 1. The van der Waals surface area contributed by atoms with Crippen molar-refractivity contribution in [1.29, 1.82) is 0 Å². The zero-order chi connectivity index (χ0) is 25.2. The molecule has 0 atom stereocenters. The SMILES string of the molecule is CCOCCn1c(=NC(=O)C2CCN(S(=O)(=O)c3ccc(C)cc3)CC2)sc2cc(F)cc(F)c21. The molecule has 11 heteroatoms. The minimum Gasteiger partial charge on any atom is -0.380 e. The molecule has 0 bridgehead atoms. The smallest absolute Gasteiger partial charge is 0.251 e. The summed E-state index contributed by atoms with van der Waals surface area (Å²) in [6, 6.07) is 8.70. The Bertz CT molecular complexity index is 1390. The summed E-state index contributed by atoms with van der Waals surface area (Å²) in [5, 5.41) is 0. The molecule has 0 spiro atoms. The number of aromatic nitrogens is 1. The molecule has 35 heavy (non-hydrogen) atoms. The second kappa shape index (κ2) is 10.7. The Morgan fingerprint density at radius 3 is 2.51 bits per heavy atom. The molecule has 7 nitrogen and oxygen atoms in total. The molecule has 4 rings (SSSR count). The number of thiazole rings is 1. The Hall–Kier alpha value is -2.47. The summed E-state index contributed by atoms with van der Waals surface area (Å²) in [4.78, 5) is 17.8. The van der Waals surface area contributed by atoms with E-state index in [-0.39, 0.29) is 41.5 Å². The predicted octanol–water partition coefficient (Wildman–Crippen LogP) is 3.85. The first kappa shape index (κ1) is 25.6. The van der Waals surface area contributed by atoms with Gasteiger partial charge in [0.1, 0.15) is 5.82 Å². The van der Waals surface area contributed by atoms with E-state index in [0.717, 1.165) is 23.0 Å². The fourth-order valence-electron chi connectivity index (χ4n) is 4.11. The van der Waals surface area contributed by atoms with E-state index >= 15 is 0 Å². The molecule has 1 aromatic heterocycles. The highest BCUT2D eigenvalue weighted by molar-refractivity contribution is 7.89. The molecule has 1 aliphatic heterocycles. The first-order chi connectivity index (χ1) is 16.7. The fourth-order valence-corrected chi connectivity index (χ4v) is 6.68. The van der Waals surface area contributed by atoms with Crippen molar-refractivity contribution < 1.29 is 26.7 Å². The Morgan fingerprint density at radius 1 is 1.17 bits per heavy atom. The highest BCUT2D eigenvalue weighted by Crippen LogP contribution is 2.26. The lowest BCUT2D eigenvalue weighted by Gasteiger charge is -2.29. The van der Waals surface area contributed by atoms with Crippen LogP contribution in [0.5, 0.6) is 0 Å². The number of carbonyl (C=O) groups is 1. The Morgan fingerprint density at radius 2 is 1.86 bits per heavy atom. The topological polar surface area (TPSA) is 81.0 Å². The number of hydrogen-bond donors (Lipinski definition) is 0. The third-order valence-electron chi connectivity index (χ3n) is 6.03. The van der Waals surface area contributed by atoms with Crippen molar-refractivity contribution >= 4 is 37.5 Å². The van der Waals surface area contributed by atoms with Crippen molar-refractivity contribution in [2.45, 2.75) is 38.1 Å². The summed E-state index contributed by atoms with van der Waals surface area (Å²) in [5.41, 5.74) is 1.15. The summed E-state index contributed by atoms with van der Waals surface area (Å²) in [6.45, 7) is 5.17. The number of aryl methyl sites for hydroxylation is 1. The lowest BCUT2D eigenvalue weighted by atomic mass is 9.98. The summed E-state index contributed by atoms with van der Waals surface area (Å²) >= 11 is 1.04. The summed E-state index contributed by atoms with van der Waals surface area (Å²) in [6.07, 6.45) is 0.667. The average molecular weight is 524 g/mol. The molecule has 1 fully saturated rings. The van der Waals surface area contributed by atoms with E-state index in [2.05, 4.69) is 4.99 Å². The van der Waals surface area contributed by atoms with Gasteiger partial charge in [0.2, 0.25) is 10.0 Å². The van der Waals surface area contributed by atoms with Crippen molar-refractivity contribution in [3.8, 4) is 0 Å². The first-order valence-corrected chi connectivity index (χ1v) is 13.7. The molecule has 0 radical (unpaired) electrons. The van der Waals surface area contributed by atoms with Crippen LogP contribution in [0.2, 0.25) is 0 Å². The maximum atomic E-state index is 14.6. The first-order valence-electron chi connectivity index (χ1n) is 11.4. The van der Waals surface area contributed by atoms with Gasteiger partial charge in [0.05, 0.1) is 21.7 Å². The van der Waals surface area contributed by atoms with Crippen LogP contribution >= 0.6 is 11.3 Å². The van der Waals surface area contributed by atoms with Crippen molar-refractivity contribution in [1.82, 2.24) is 8.87 Å². The standard InChI is InChI=1S/C24H27F2N3O4S2/c1-3-33-13-12-29-22-20(26)14-18(25)15-21(22)34-24(29)27-23(30)17-8-10-28(11-9-17)35(31,32)19-6-4-16(2)5-7-19/h4-7,14-15,17H,3,8-13H2,1-2H3. The molecule has 1 amide bonds. The van der Waals surface area contributed by atoms with Gasteiger partial charge >= 0.3 is 0 Å². The number of nitrogens with zero attached hydrogens (tertiary/aromatic N) is 3. The van der Waals surface area contributed by atoms with E-state index in [4.69, 9.17) is 4.74 Å². The van der Waals surface area contributed by atoms with Gasteiger partial charge in [-0.15, -0.1) is 0 Å². The van der Waals surface area contributed by atoms with Crippen LogP contribution in [0, 0.1) is 24.5 Å². The number of halogens is 2. The number of hydrogen-bond acceptors (Lipinski definition) is 5. The molecule has 0 unspecified atom stereocenters. The van der Waals surface area contributed by atoms with Crippen molar-refractivity contribution in [2.24, 2.45) is 10.9 Å². The lowest BCUT2D eigenvalue weighted by molar-refractivity contribution is -0.122. The molecule has 3 aromatic rings. The maximum Gasteiger partial charge on any atom is 0.251 e. The van der Waals surface area contributed by atoms with Gasteiger partial charge in [0.15, 0.2) is 10.6 Å². The Balaban J connectivity index is 1.55. The van der Waals surface area contributed by atoms with Crippen LogP contribution in [0.3, 0.4) is 0 Å². The molecule has 0 aliphatic carbocycles. The Kier molecular flexibility index (Phi) is 7.80. The van der Waals surface area contributed by atoms with E-state index in [1.165, 1.54) is 10.4 Å². The van der Waals surface area contributed by atoms with E-state index in [0.29, 0.717) is 24.1 Å². The maximum absolute atomic E-state index is 14.6. The monoisotopic (exact) mass is 523 g/mol. The number of fused-ring (bicyclic) bond motifs is 1. The summed E-state index contributed by atoms with van der Waals surface area (Å²) in [5.74, 6) is -2.27. The van der Waals surface area contributed by atoms with Crippen molar-refractivity contribution in [3.05, 3.63) is 58.4 Å². The summed E-state index contributed by atoms with van der Waals surface area (Å²) < 4.78 is 62.8. The van der Waals surface area contributed by atoms with Crippen LogP contribution in [-0.2, 0) is 26.1 Å². The third kappa shape index (κ3) is 5.53. The molecular formula is C24H27F2N3O4S2. The highest BCUT2D eigenvalue weighted by atomic mass is 32.2. The van der Waals surface area contributed by atoms with Gasteiger partial charge in [-0.05, 0) is 44.9 Å². The van der Waals surface area contributed by atoms with E-state index in [9.17, 15) is 22.0 Å². The van der Waals surface area contributed by atoms with Gasteiger partial charge < -0.3 is 9.30 Å². The van der Waals surface area contributed by atoms with Gasteiger partial charge in [0.25, 0.3) is 5.91 Å². The second-order valence-corrected chi connectivity index (χ2v) is 11.4. The minimum absolute atomic E-state index is 0.182. The van der Waals surface area contributed by atoms with Gasteiger partial charge in [-0.1, -0.05) is 29.0 Å². The lowest BCUT2D eigenvalue weighted by Crippen LogP contribution is -2.40. The number of benzene rings is 2. The number of amides is 1. The fraction of sp³-hybridized carbons (Fsp3) is 0.417. The van der Waals surface area contributed by atoms with Crippen LogP contribution in [0.1, 0.15) is 25.3 Å². The van der Waals surface area contributed by atoms with Crippen LogP contribution < -0.4 is 4.80 Å².